The molecule has 3 heterocycles. The molecule has 0 radical (unpaired) electrons. The molecule has 0 saturated heterocycles. The monoisotopic (exact) mass is 349 g/mol. The number of rotatable bonds is 4. The number of aromatic nitrogens is 4. The van der Waals surface area contributed by atoms with Crippen molar-refractivity contribution in [1.82, 2.24) is 24.9 Å². The molecule has 7 heteroatoms. The van der Waals surface area contributed by atoms with E-state index in [0.717, 1.165) is 16.3 Å². The van der Waals surface area contributed by atoms with E-state index in [9.17, 15) is 4.79 Å². The van der Waals surface area contributed by atoms with Crippen molar-refractivity contribution < 1.29 is 4.79 Å². The lowest BCUT2D eigenvalue weighted by molar-refractivity contribution is 0.0932. The van der Waals surface area contributed by atoms with E-state index in [0.29, 0.717) is 11.3 Å². The predicted molar refractivity (Wildman–Crippen MR) is 96.4 cm³/mol. The Morgan fingerprint density at radius 2 is 2.00 bits per heavy atom. The molecule has 1 atom stereocenters. The Labute approximate surface area is 148 Å². The largest absolute Gasteiger partial charge is 0.342 e. The van der Waals surface area contributed by atoms with Gasteiger partial charge in [0.15, 0.2) is 5.65 Å². The Balaban J connectivity index is 1.54. The first-order valence-electron chi connectivity index (χ1n) is 7.83. The average Bonchev–Trinajstić information content (AvgIpc) is 3.31. The molecule has 1 N–H and O–H groups in total. The molecule has 1 amide bonds. The van der Waals surface area contributed by atoms with Crippen LogP contribution in [0.2, 0.25) is 0 Å². The molecule has 4 aromatic rings. The van der Waals surface area contributed by atoms with Crippen LogP contribution in [0, 0.1) is 0 Å². The van der Waals surface area contributed by atoms with Gasteiger partial charge in [0.05, 0.1) is 11.7 Å². The second-order valence-corrected chi connectivity index (χ2v) is 6.46. The van der Waals surface area contributed by atoms with Crippen LogP contribution in [-0.2, 0) is 0 Å². The van der Waals surface area contributed by atoms with Gasteiger partial charge in [-0.3, -0.25) is 4.79 Å². The summed E-state index contributed by atoms with van der Waals surface area (Å²) in [6.45, 7) is 1.92. The summed E-state index contributed by atoms with van der Waals surface area (Å²) in [7, 11) is 0. The van der Waals surface area contributed by atoms with Gasteiger partial charge in [-0.05, 0) is 19.1 Å². The Kier molecular flexibility index (Phi) is 3.99. The van der Waals surface area contributed by atoms with Crippen LogP contribution in [0.4, 0.5) is 0 Å². The molecular formula is C18H15N5OS. The third kappa shape index (κ3) is 3.01. The molecule has 0 aliphatic rings. The van der Waals surface area contributed by atoms with Crippen molar-refractivity contribution in [2.45, 2.75) is 13.0 Å². The minimum absolute atomic E-state index is 0.200. The molecule has 1 unspecified atom stereocenters. The number of nitrogens with one attached hydrogen (secondary N) is 1. The average molecular weight is 349 g/mol. The van der Waals surface area contributed by atoms with Gasteiger partial charge in [-0.25, -0.2) is 14.5 Å². The van der Waals surface area contributed by atoms with E-state index >= 15 is 0 Å². The lowest BCUT2D eigenvalue weighted by Gasteiger charge is -2.11. The van der Waals surface area contributed by atoms with E-state index in [-0.39, 0.29) is 11.9 Å². The van der Waals surface area contributed by atoms with Crippen LogP contribution in [0.5, 0.6) is 0 Å². The summed E-state index contributed by atoms with van der Waals surface area (Å²) in [4.78, 5) is 21.3. The van der Waals surface area contributed by atoms with Crippen molar-refractivity contribution >= 4 is 22.9 Å². The van der Waals surface area contributed by atoms with Crippen LogP contribution >= 0.6 is 11.3 Å². The summed E-state index contributed by atoms with van der Waals surface area (Å²) in [5.41, 5.74) is 3.07. The highest BCUT2D eigenvalue weighted by Gasteiger charge is 2.17. The molecule has 0 bridgehead atoms. The second-order valence-electron chi connectivity index (χ2n) is 5.57. The number of pyridine rings is 1. The molecule has 0 fully saturated rings. The lowest BCUT2D eigenvalue weighted by atomic mass is 10.2. The number of benzene rings is 1. The van der Waals surface area contributed by atoms with E-state index in [2.05, 4.69) is 20.4 Å². The first kappa shape index (κ1) is 15.5. The quantitative estimate of drug-likeness (QED) is 0.613. The molecule has 1 aromatic carbocycles. The summed E-state index contributed by atoms with van der Waals surface area (Å²) < 4.78 is 1.53. The standard InChI is InChI=1S/C18H15N5OS/c1-12(18-22-14(10-25-18)13-6-3-2-4-7-13)21-17(24)15-8-5-9-16-19-11-20-23(15)16/h2-12H,1H3,(H,21,24). The number of amides is 1. The van der Waals surface area contributed by atoms with Gasteiger partial charge in [-0.1, -0.05) is 36.4 Å². The van der Waals surface area contributed by atoms with E-state index in [1.807, 2.05) is 42.6 Å². The number of hydrogen-bond acceptors (Lipinski definition) is 5. The van der Waals surface area contributed by atoms with Gasteiger partial charge in [0.1, 0.15) is 17.0 Å². The maximum absolute atomic E-state index is 12.6. The molecule has 0 aliphatic heterocycles. The number of carbonyl (C=O) groups excluding carboxylic acids is 1. The molecule has 0 saturated carbocycles. The highest BCUT2D eigenvalue weighted by molar-refractivity contribution is 7.10. The van der Waals surface area contributed by atoms with Crippen LogP contribution in [0.1, 0.15) is 28.5 Å². The first-order chi connectivity index (χ1) is 12.2. The number of carbonyl (C=O) groups is 1. The smallest absolute Gasteiger partial charge is 0.270 e. The van der Waals surface area contributed by atoms with E-state index in [1.165, 1.54) is 22.2 Å². The van der Waals surface area contributed by atoms with Gasteiger partial charge >= 0.3 is 0 Å². The van der Waals surface area contributed by atoms with Crippen molar-refractivity contribution in [2.75, 3.05) is 0 Å². The third-order valence-electron chi connectivity index (χ3n) is 3.84. The second kappa shape index (κ2) is 6.45. The van der Waals surface area contributed by atoms with Crippen LogP contribution in [-0.4, -0.2) is 25.5 Å². The van der Waals surface area contributed by atoms with E-state index < -0.39 is 0 Å². The van der Waals surface area contributed by atoms with Crippen molar-refractivity contribution in [3.8, 4) is 11.3 Å². The van der Waals surface area contributed by atoms with Crippen LogP contribution in [0.25, 0.3) is 16.9 Å². The summed E-state index contributed by atoms with van der Waals surface area (Å²) in [5.74, 6) is -0.208. The van der Waals surface area contributed by atoms with Gasteiger partial charge in [-0.15, -0.1) is 11.3 Å². The van der Waals surface area contributed by atoms with Crippen molar-refractivity contribution in [2.24, 2.45) is 0 Å². The van der Waals surface area contributed by atoms with Gasteiger partial charge in [0.2, 0.25) is 0 Å². The molecule has 0 spiro atoms. The summed E-state index contributed by atoms with van der Waals surface area (Å²) in [5, 5.41) is 9.94. The van der Waals surface area contributed by atoms with Gasteiger partial charge in [0.25, 0.3) is 5.91 Å². The zero-order valence-corrected chi connectivity index (χ0v) is 14.3. The number of fused-ring (bicyclic) bond motifs is 1. The molecule has 4 rings (SSSR count). The van der Waals surface area contributed by atoms with E-state index in [1.54, 1.807) is 18.2 Å². The highest BCUT2D eigenvalue weighted by atomic mass is 32.1. The van der Waals surface area contributed by atoms with Crippen LogP contribution < -0.4 is 5.32 Å². The molecule has 124 valence electrons. The molecule has 0 aliphatic carbocycles. The normalized spacial score (nSPS) is 12.2. The fourth-order valence-electron chi connectivity index (χ4n) is 2.58. The summed E-state index contributed by atoms with van der Waals surface area (Å²) in [6, 6.07) is 15.1. The SMILES string of the molecule is CC(NC(=O)c1cccc2ncnn12)c1nc(-c2ccccc2)cs1. The van der Waals surface area contributed by atoms with Crippen molar-refractivity contribution in [3.63, 3.8) is 0 Å². The Morgan fingerprint density at radius 1 is 1.16 bits per heavy atom. The Hall–Kier alpha value is -3.06. The minimum atomic E-state index is -0.208. The summed E-state index contributed by atoms with van der Waals surface area (Å²) in [6.07, 6.45) is 1.43. The zero-order chi connectivity index (χ0) is 17.2. The summed E-state index contributed by atoms with van der Waals surface area (Å²) >= 11 is 1.53. The molecule has 25 heavy (non-hydrogen) atoms. The van der Waals surface area contributed by atoms with Crippen LogP contribution in [0.15, 0.2) is 60.2 Å². The molecule has 6 nitrogen and oxygen atoms in total. The third-order valence-corrected chi connectivity index (χ3v) is 4.87. The molecular weight excluding hydrogens is 334 g/mol. The Bertz CT molecular complexity index is 1020. The van der Waals surface area contributed by atoms with E-state index in [4.69, 9.17) is 0 Å². The number of nitrogens with zero attached hydrogens (tertiary/aromatic N) is 4. The molecule has 3 aromatic heterocycles. The topological polar surface area (TPSA) is 72.2 Å². The predicted octanol–water partition coefficient (Wildman–Crippen LogP) is 3.34. The van der Waals surface area contributed by atoms with Gasteiger partial charge in [-0.2, -0.15) is 5.10 Å². The fraction of sp³-hybridized carbons (Fsp3) is 0.111. The minimum Gasteiger partial charge on any atom is -0.342 e. The van der Waals surface area contributed by atoms with Crippen molar-refractivity contribution in [3.05, 3.63) is 70.9 Å². The maximum Gasteiger partial charge on any atom is 0.270 e. The lowest BCUT2D eigenvalue weighted by Crippen LogP contribution is -2.28. The van der Waals surface area contributed by atoms with Gasteiger partial charge < -0.3 is 5.32 Å². The zero-order valence-electron chi connectivity index (χ0n) is 13.5. The number of hydrogen-bond donors (Lipinski definition) is 1. The number of thiazole rings is 1. The fourth-order valence-corrected chi connectivity index (χ4v) is 3.41. The first-order valence-corrected chi connectivity index (χ1v) is 8.71. The van der Waals surface area contributed by atoms with Crippen molar-refractivity contribution in [1.29, 1.82) is 0 Å². The van der Waals surface area contributed by atoms with Gasteiger partial charge in [0, 0.05) is 10.9 Å². The van der Waals surface area contributed by atoms with Crippen LogP contribution in [0.3, 0.4) is 0 Å². The maximum atomic E-state index is 12.6. The highest BCUT2D eigenvalue weighted by Crippen LogP contribution is 2.25. The Morgan fingerprint density at radius 3 is 2.84 bits per heavy atom.